The number of nitrogens with zero attached hydrogens (tertiary/aromatic N) is 3. The summed E-state index contributed by atoms with van der Waals surface area (Å²) in [6.45, 7) is 4.86. The van der Waals surface area contributed by atoms with Gasteiger partial charge in [0.05, 0.1) is 10.6 Å². The van der Waals surface area contributed by atoms with Crippen LogP contribution in [0.2, 0.25) is 0 Å². The molecule has 1 aromatic carbocycles. The topological polar surface area (TPSA) is 78.0 Å². The van der Waals surface area contributed by atoms with E-state index in [9.17, 15) is 18.0 Å². The Bertz CT molecular complexity index is 1050. The van der Waals surface area contributed by atoms with Gasteiger partial charge in [0.25, 0.3) is 5.91 Å². The van der Waals surface area contributed by atoms with Crippen molar-refractivity contribution >= 4 is 33.2 Å². The number of thiophene rings is 1. The standard InChI is InChI=1S/C23H29N3O4S2/c1-18-7-8-21(31-18)23(28)25-15-13-24(14-16-25)22(27)20-9-11-26(12-10-20)32(29,30)17-19-5-3-2-4-6-19/h2-8,20H,9-17H2,1H3. The first-order valence-corrected chi connectivity index (χ1v) is 13.4. The number of piperidine rings is 1. The first-order valence-electron chi connectivity index (χ1n) is 11.0. The number of benzene rings is 1. The Kier molecular flexibility index (Phi) is 6.97. The predicted molar refractivity (Wildman–Crippen MR) is 125 cm³/mol. The number of aryl methyl sites for hydroxylation is 1. The number of hydrogen-bond acceptors (Lipinski definition) is 5. The van der Waals surface area contributed by atoms with Gasteiger partial charge in [-0.1, -0.05) is 30.3 Å². The van der Waals surface area contributed by atoms with Gasteiger partial charge in [0.1, 0.15) is 0 Å². The highest BCUT2D eigenvalue weighted by Gasteiger charge is 2.34. The third kappa shape index (κ3) is 5.22. The minimum atomic E-state index is -3.39. The van der Waals surface area contributed by atoms with Crippen LogP contribution in [0.5, 0.6) is 0 Å². The summed E-state index contributed by atoms with van der Waals surface area (Å²) in [4.78, 5) is 31.1. The van der Waals surface area contributed by atoms with Gasteiger partial charge in [-0.05, 0) is 37.5 Å². The summed E-state index contributed by atoms with van der Waals surface area (Å²) in [5.41, 5.74) is 0.774. The molecule has 2 aliphatic rings. The van der Waals surface area contributed by atoms with Crippen LogP contribution in [0.1, 0.15) is 33.0 Å². The van der Waals surface area contributed by atoms with Gasteiger partial charge in [-0.25, -0.2) is 12.7 Å². The Labute approximate surface area is 193 Å². The van der Waals surface area contributed by atoms with E-state index < -0.39 is 10.0 Å². The molecule has 0 saturated carbocycles. The van der Waals surface area contributed by atoms with E-state index in [1.54, 1.807) is 0 Å². The second-order valence-electron chi connectivity index (χ2n) is 8.44. The minimum Gasteiger partial charge on any atom is -0.339 e. The molecule has 2 aromatic rings. The number of piperazine rings is 1. The molecule has 0 N–H and O–H groups in total. The van der Waals surface area contributed by atoms with Crippen molar-refractivity contribution in [3.8, 4) is 0 Å². The molecule has 172 valence electrons. The second kappa shape index (κ2) is 9.72. The van der Waals surface area contributed by atoms with E-state index in [0.29, 0.717) is 52.1 Å². The lowest BCUT2D eigenvalue weighted by Crippen LogP contribution is -2.53. The van der Waals surface area contributed by atoms with E-state index in [1.165, 1.54) is 15.6 Å². The molecular formula is C23H29N3O4S2. The molecule has 2 saturated heterocycles. The zero-order chi connectivity index (χ0) is 22.7. The Morgan fingerprint density at radius 2 is 1.53 bits per heavy atom. The highest BCUT2D eigenvalue weighted by Crippen LogP contribution is 2.24. The summed E-state index contributed by atoms with van der Waals surface area (Å²) in [5, 5.41) is 0. The van der Waals surface area contributed by atoms with Gasteiger partial charge >= 0.3 is 0 Å². The smallest absolute Gasteiger partial charge is 0.264 e. The van der Waals surface area contributed by atoms with Crippen molar-refractivity contribution in [2.75, 3.05) is 39.3 Å². The molecular weight excluding hydrogens is 446 g/mol. The normalized spacial score (nSPS) is 18.7. The van der Waals surface area contributed by atoms with Crippen LogP contribution in [-0.4, -0.2) is 73.6 Å². The van der Waals surface area contributed by atoms with Gasteiger partial charge in [-0.3, -0.25) is 9.59 Å². The maximum absolute atomic E-state index is 13.0. The van der Waals surface area contributed by atoms with Gasteiger partial charge in [0.2, 0.25) is 15.9 Å². The molecule has 7 nitrogen and oxygen atoms in total. The molecule has 4 rings (SSSR count). The highest BCUT2D eigenvalue weighted by atomic mass is 32.2. The number of sulfonamides is 1. The van der Waals surface area contributed by atoms with Crippen molar-refractivity contribution in [2.24, 2.45) is 5.92 Å². The van der Waals surface area contributed by atoms with E-state index in [4.69, 9.17) is 0 Å². The summed E-state index contributed by atoms with van der Waals surface area (Å²) in [5.74, 6) is -0.0386. The van der Waals surface area contributed by atoms with E-state index in [1.807, 2.05) is 59.2 Å². The van der Waals surface area contributed by atoms with Crippen molar-refractivity contribution in [3.63, 3.8) is 0 Å². The molecule has 9 heteroatoms. The second-order valence-corrected chi connectivity index (χ2v) is 11.7. The Balaban J connectivity index is 1.26. The molecule has 0 bridgehead atoms. The maximum Gasteiger partial charge on any atom is 0.264 e. The van der Waals surface area contributed by atoms with Crippen LogP contribution in [0.15, 0.2) is 42.5 Å². The molecule has 2 amide bonds. The Hall–Kier alpha value is -2.23. The Morgan fingerprint density at radius 1 is 0.906 bits per heavy atom. The summed E-state index contributed by atoms with van der Waals surface area (Å²) in [7, 11) is -3.39. The van der Waals surface area contributed by atoms with Crippen LogP contribution in [0.4, 0.5) is 0 Å². The van der Waals surface area contributed by atoms with Crippen LogP contribution >= 0.6 is 11.3 Å². The number of amides is 2. The lowest BCUT2D eigenvalue weighted by Gasteiger charge is -2.38. The van der Waals surface area contributed by atoms with Gasteiger partial charge in [0.15, 0.2) is 0 Å². The fourth-order valence-electron chi connectivity index (χ4n) is 4.35. The lowest BCUT2D eigenvalue weighted by atomic mass is 9.96. The Morgan fingerprint density at radius 3 is 2.12 bits per heavy atom. The number of carbonyl (C=O) groups excluding carboxylic acids is 2. The van der Waals surface area contributed by atoms with E-state index in [0.717, 1.165) is 15.3 Å². The summed E-state index contributed by atoms with van der Waals surface area (Å²) in [6, 6.07) is 13.0. The SMILES string of the molecule is Cc1ccc(C(=O)N2CCN(C(=O)C3CCN(S(=O)(=O)Cc4ccccc4)CC3)CC2)s1. The number of rotatable bonds is 5. The van der Waals surface area contributed by atoms with Crippen LogP contribution in [-0.2, 0) is 20.6 Å². The van der Waals surface area contributed by atoms with Crippen LogP contribution in [0.3, 0.4) is 0 Å². The predicted octanol–water partition coefficient (Wildman–Crippen LogP) is 2.58. The average molecular weight is 476 g/mol. The molecule has 1 aromatic heterocycles. The molecule has 2 fully saturated rings. The number of hydrogen-bond donors (Lipinski definition) is 0. The molecule has 0 unspecified atom stereocenters. The fraction of sp³-hybridized carbons (Fsp3) is 0.478. The largest absolute Gasteiger partial charge is 0.339 e. The molecule has 0 aliphatic carbocycles. The molecule has 32 heavy (non-hydrogen) atoms. The van der Waals surface area contributed by atoms with Crippen LogP contribution in [0.25, 0.3) is 0 Å². The quantitative estimate of drug-likeness (QED) is 0.666. The van der Waals surface area contributed by atoms with E-state index >= 15 is 0 Å². The van der Waals surface area contributed by atoms with Gasteiger partial charge in [-0.15, -0.1) is 11.3 Å². The zero-order valence-electron chi connectivity index (χ0n) is 18.3. The van der Waals surface area contributed by atoms with Crippen molar-refractivity contribution in [1.82, 2.24) is 14.1 Å². The highest BCUT2D eigenvalue weighted by molar-refractivity contribution is 7.88. The lowest BCUT2D eigenvalue weighted by molar-refractivity contribution is -0.138. The van der Waals surface area contributed by atoms with E-state index in [-0.39, 0.29) is 23.5 Å². The average Bonchev–Trinajstić information content (AvgIpc) is 3.25. The van der Waals surface area contributed by atoms with Crippen LogP contribution in [0, 0.1) is 12.8 Å². The van der Waals surface area contributed by atoms with Gasteiger partial charge in [-0.2, -0.15) is 0 Å². The van der Waals surface area contributed by atoms with Crippen LogP contribution < -0.4 is 0 Å². The van der Waals surface area contributed by atoms with E-state index in [2.05, 4.69) is 0 Å². The molecule has 2 aliphatic heterocycles. The van der Waals surface area contributed by atoms with Gasteiger partial charge < -0.3 is 9.80 Å². The zero-order valence-corrected chi connectivity index (χ0v) is 19.9. The first-order chi connectivity index (χ1) is 15.3. The van der Waals surface area contributed by atoms with Crippen molar-refractivity contribution < 1.29 is 18.0 Å². The van der Waals surface area contributed by atoms with Crippen molar-refractivity contribution in [3.05, 3.63) is 57.8 Å². The third-order valence-corrected chi connectivity index (χ3v) is 9.06. The first kappa shape index (κ1) is 22.9. The summed E-state index contributed by atoms with van der Waals surface area (Å²) < 4.78 is 27.0. The van der Waals surface area contributed by atoms with Crippen molar-refractivity contribution in [1.29, 1.82) is 0 Å². The van der Waals surface area contributed by atoms with Gasteiger partial charge in [0, 0.05) is 50.1 Å². The maximum atomic E-state index is 13.0. The van der Waals surface area contributed by atoms with Crippen molar-refractivity contribution in [2.45, 2.75) is 25.5 Å². The molecule has 0 spiro atoms. The fourth-order valence-corrected chi connectivity index (χ4v) is 6.75. The summed E-state index contributed by atoms with van der Waals surface area (Å²) >= 11 is 1.50. The monoisotopic (exact) mass is 475 g/mol. The number of carbonyl (C=O) groups is 2. The molecule has 0 radical (unpaired) electrons. The molecule has 3 heterocycles. The summed E-state index contributed by atoms with van der Waals surface area (Å²) in [6.07, 6.45) is 1.08. The third-order valence-electron chi connectivity index (χ3n) is 6.22. The minimum absolute atomic E-state index is 0.00773. The molecule has 0 atom stereocenters.